The molecule has 0 spiro atoms. The van der Waals surface area contributed by atoms with Crippen LogP contribution in [0.15, 0.2) is 0 Å². The van der Waals surface area contributed by atoms with E-state index in [4.69, 9.17) is 0 Å². The van der Waals surface area contributed by atoms with Crippen molar-refractivity contribution in [3.8, 4) is 0 Å². The van der Waals surface area contributed by atoms with Crippen LogP contribution in [0.3, 0.4) is 0 Å². The summed E-state index contributed by atoms with van der Waals surface area (Å²) < 4.78 is 0. The summed E-state index contributed by atoms with van der Waals surface area (Å²) in [5.41, 5.74) is 0. The van der Waals surface area contributed by atoms with Gasteiger partial charge in [0.15, 0.2) is 0 Å². The van der Waals surface area contributed by atoms with Gasteiger partial charge in [-0.15, -0.1) is 10.2 Å². The van der Waals surface area contributed by atoms with E-state index in [0.29, 0.717) is 6.04 Å². The average Bonchev–Trinajstić information content (AvgIpc) is 2.84. The second kappa shape index (κ2) is 9.45. The lowest BCUT2D eigenvalue weighted by Gasteiger charge is -2.10. The summed E-state index contributed by atoms with van der Waals surface area (Å²) in [5.74, 6) is 0. The van der Waals surface area contributed by atoms with E-state index in [2.05, 4.69) is 36.3 Å². The van der Waals surface area contributed by atoms with Crippen molar-refractivity contribution in [1.82, 2.24) is 15.5 Å². The van der Waals surface area contributed by atoms with E-state index in [0.717, 1.165) is 24.4 Å². The largest absolute Gasteiger partial charge is 0.308 e. The predicted octanol–water partition coefficient (Wildman–Crippen LogP) is 4.11. The number of unbranched alkanes of at least 4 members (excludes halogenated alkanes) is 4. The lowest BCUT2D eigenvalue weighted by atomic mass is 10.1. The molecule has 1 unspecified atom stereocenters. The van der Waals surface area contributed by atoms with E-state index in [1.165, 1.54) is 37.1 Å². The van der Waals surface area contributed by atoms with E-state index in [-0.39, 0.29) is 0 Å². The van der Waals surface area contributed by atoms with Gasteiger partial charge in [-0.3, -0.25) is 0 Å². The molecule has 0 aliphatic carbocycles. The quantitative estimate of drug-likeness (QED) is 0.649. The maximum atomic E-state index is 4.33. The van der Waals surface area contributed by atoms with Gasteiger partial charge in [0.05, 0.1) is 6.04 Å². The van der Waals surface area contributed by atoms with Gasteiger partial charge in [-0.1, -0.05) is 57.8 Å². The molecule has 0 saturated carbocycles. The normalized spacial score (nSPS) is 12.8. The highest BCUT2D eigenvalue weighted by Gasteiger charge is 2.13. The van der Waals surface area contributed by atoms with Crippen molar-refractivity contribution in [2.24, 2.45) is 0 Å². The molecular formula is C14H27N3S. The highest BCUT2D eigenvalue weighted by atomic mass is 32.1. The molecule has 1 rings (SSSR count). The SMILES string of the molecule is CCCCCCCc1nnc(C(CC)NCC)s1. The van der Waals surface area contributed by atoms with Gasteiger partial charge in [0, 0.05) is 6.42 Å². The molecule has 4 heteroatoms. The lowest BCUT2D eigenvalue weighted by Crippen LogP contribution is -2.19. The van der Waals surface area contributed by atoms with Gasteiger partial charge < -0.3 is 5.32 Å². The monoisotopic (exact) mass is 269 g/mol. The molecule has 0 amide bonds. The van der Waals surface area contributed by atoms with Crippen molar-refractivity contribution in [2.75, 3.05) is 6.54 Å². The summed E-state index contributed by atoms with van der Waals surface area (Å²) in [6.45, 7) is 7.57. The Morgan fingerprint density at radius 1 is 1.06 bits per heavy atom. The molecule has 18 heavy (non-hydrogen) atoms. The van der Waals surface area contributed by atoms with Crippen LogP contribution in [0.5, 0.6) is 0 Å². The van der Waals surface area contributed by atoms with Crippen LogP contribution in [-0.4, -0.2) is 16.7 Å². The number of nitrogens with one attached hydrogen (secondary N) is 1. The molecule has 0 fully saturated rings. The number of rotatable bonds is 10. The second-order valence-corrected chi connectivity index (χ2v) is 5.81. The van der Waals surface area contributed by atoms with Crippen LogP contribution in [0.25, 0.3) is 0 Å². The van der Waals surface area contributed by atoms with Crippen molar-refractivity contribution < 1.29 is 0 Å². The second-order valence-electron chi connectivity index (χ2n) is 4.72. The highest BCUT2D eigenvalue weighted by Crippen LogP contribution is 2.22. The Morgan fingerprint density at radius 3 is 2.50 bits per heavy atom. The van der Waals surface area contributed by atoms with Gasteiger partial charge in [0.25, 0.3) is 0 Å². The van der Waals surface area contributed by atoms with E-state index in [1.54, 1.807) is 11.3 Å². The molecule has 3 nitrogen and oxygen atoms in total. The molecule has 1 N–H and O–H groups in total. The first-order valence-corrected chi connectivity index (χ1v) is 8.19. The van der Waals surface area contributed by atoms with Crippen LogP contribution in [-0.2, 0) is 6.42 Å². The molecule has 1 atom stereocenters. The summed E-state index contributed by atoms with van der Waals surface area (Å²) in [5, 5.41) is 14.5. The molecule has 104 valence electrons. The molecule has 0 aliphatic rings. The summed E-state index contributed by atoms with van der Waals surface area (Å²) in [4.78, 5) is 0. The smallest absolute Gasteiger partial charge is 0.134 e. The third-order valence-corrected chi connectivity index (χ3v) is 4.23. The van der Waals surface area contributed by atoms with Crippen LogP contribution in [0.2, 0.25) is 0 Å². The Bertz CT molecular complexity index is 312. The van der Waals surface area contributed by atoms with Crippen LogP contribution >= 0.6 is 11.3 Å². The van der Waals surface area contributed by atoms with Gasteiger partial charge in [-0.05, 0) is 19.4 Å². The van der Waals surface area contributed by atoms with Crippen molar-refractivity contribution in [3.05, 3.63) is 10.0 Å². The maximum Gasteiger partial charge on any atom is 0.134 e. The van der Waals surface area contributed by atoms with Gasteiger partial charge in [-0.25, -0.2) is 0 Å². The first-order chi connectivity index (χ1) is 8.81. The molecule has 0 bridgehead atoms. The zero-order valence-electron chi connectivity index (χ0n) is 12.0. The molecule has 0 aliphatic heterocycles. The first kappa shape index (κ1) is 15.6. The van der Waals surface area contributed by atoms with Gasteiger partial charge >= 0.3 is 0 Å². The van der Waals surface area contributed by atoms with Crippen molar-refractivity contribution >= 4 is 11.3 Å². The molecule has 0 aromatic carbocycles. The zero-order chi connectivity index (χ0) is 13.2. The fourth-order valence-electron chi connectivity index (χ4n) is 2.04. The fraction of sp³-hybridized carbons (Fsp3) is 0.857. The minimum Gasteiger partial charge on any atom is -0.308 e. The molecule has 1 aromatic rings. The number of hydrogen-bond acceptors (Lipinski definition) is 4. The minimum absolute atomic E-state index is 0.390. The Balaban J connectivity index is 2.33. The Hall–Kier alpha value is -0.480. The first-order valence-electron chi connectivity index (χ1n) is 7.37. The topological polar surface area (TPSA) is 37.8 Å². The molecule has 1 aromatic heterocycles. The van der Waals surface area contributed by atoms with Crippen molar-refractivity contribution in [2.45, 2.75) is 71.8 Å². The van der Waals surface area contributed by atoms with Crippen LogP contribution in [0.1, 0.15) is 75.4 Å². The predicted molar refractivity (Wildman–Crippen MR) is 79.1 cm³/mol. The number of hydrogen-bond donors (Lipinski definition) is 1. The molecule has 1 heterocycles. The van der Waals surface area contributed by atoms with Gasteiger partial charge in [0.2, 0.25) is 0 Å². The lowest BCUT2D eigenvalue weighted by molar-refractivity contribution is 0.530. The fourth-order valence-corrected chi connectivity index (χ4v) is 3.08. The summed E-state index contributed by atoms with van der Waals surface area (Å²) in [6.07, 6.45) is 8.80. The molecule has 0 saturated heterocycles. The summed E-state index contributed by atoms with van der Waals surface area (Å²) in [7, 11) is 0. The van der Waals surface area contributed by atoms with E-state index >= 15 is 0 Å². The van der Waals surface area contributed by atoms with Crippen molar-refractivity contribution in [3.63, 3.8) is 0 Å². The number of aromatic nitrogens is 2. The molecular weight excluding hydrogens is 242 g/mol. The Morgan fingerprint density at radius 2 is 1.83 bits per heavy atom. The van der Waals surface area contributed by atoms with Gasteiger partial charge in [-0.2, -0.15) is 0 Å². The van der Waals surface area contributed by atoms with Gasteiger partial charge in [0.1, 0.15) is 10.0 Å². The summed E-state index contributed by atoms with van der Waals surface area (Å²) in [6, 6.07) is 0.390. The third kappa shape index (κ3) is 5.44. The number of aryl methyl sites for hydroxylation is 1. The Kier molecular flexibility index (Phi) is 8.18. The van der Waals surface area contributed by atoms with E-state index < -0.39 is 0 Å². The van der Waals surface area contributed by atoms with Crippen LogP contribution < -0.4 is 5.32 Å². The third-order valence-electron chi connectivity index (χ3n) is 3.13. The van der Waals surface area contributed by atoms with Crippen LogP contribution in [0, 0.1) is 0 Å². The Labute approximate surface area is 115 Å². The maximum absolute atomic E-state index is 4.33. The van der Waals surface area contributed by atoms with Crippen LogP contribution in [0.4, 0.5) is 0 Å². The minimum atomic E-state index is 0.390. The summed E-state index contributed by atoms with van der Waals surface area (Å²) >= 11 is 1.78. The molecule has 0 radical (unpaired) electrons. The van der Waals surface area contributed by atoms with E-state index in [1.807, 2.05) is 0 Å². The highest BCUT2D eigenvalue weighted by molar-refractivity contribution is 7.11. The standard InChI is InChI=1S/C14H27N3S/c1-4-7-8-9-10-11-13-16-17-14(18-13)12(5-2)15-6-3/h12,15H,4-11H2,1-3H3. The average molecular weight is 269 g/mol. The zero-order valence-corrected chi connectivity index (χ0v) is 12.9. The van der Waals surface area contributed by atoms with E-state index in [9.17, 15) is 0 Å². The number of nitrogens with zero attached hydrogens (tertiary/aromatic N) is 2. The van der Waals surface area contributed by atoms with Crippen molar-refractivity contribution in [1.29, 1.82) is 0 Å².